The third kappa shape index (κ3) is 3.72. The van der Waals surface area contributed by atoms with Gasteiger partial charge in [-0.1, -0.05) is 12.1 Å². The highest BCUT2D eigenvalue weighted by Gasteiger charge is 2.25. The van der Waals surface area contributed by atoms with Crippen molar-refractivity contribution in [3.63, 3.8) is 0 Å². The van der Waals surface area contributed by atoms with Gasteiger partial charge >= 0.3 is 5.97 Å². The molecule has 1 atom stereocenters. The zero-order chi connectivity index (χ0) is 15.4. The Morgan fingerprint density at radius 3 is 2.76 bits per heavy atom. The summed E-state index contributed by atoms with van der Waals surface area (Å²) < 4.78 is 0. The van der Waals surface area contributed by atoms with Crippen LogP contribution in [-0.2, 0) is 4.79 Å². The van der Waals surface area contributed by atoms with Crippen molar-refractivity contribution in [2.24, 2.45) is 0 Å². The van der Waals surface area contributed by atoms with E-state index < -0.39 is 5.97 Å². The van der Waals surface area contributed by atoms with Gasteiger partial charge in [0.1, 0.15) is 0 Å². The predicted octanol–water partition coefficient (Wildman–Crippen LogP) is 3.11. The molecule has 21 heavy (non-hydrogen) atoms. The van der Waals surface area contributed by atoms with E-state index in [1.165, 1.54) is 12.5 Å². The van der Waals surface area contributed by atoms with E-state index >= 15 is 0 Å². The van der Waals surface area contributed by atoms with E-state index in [2.05, 4.69) is 6.92 Å². The first-order valence-corrected chi connectivity index (χ1v) is 7.31. The predicted molar refractivity (Wildman–Crippen MR) is 82.2 cm³/mol. The Morgan fingerprint density at radius 1 is 1.33 bits per heavy atom. The third-order valence-corrected chi connectivity index (χ3v) is 3.97. The molecule has 1 aromatic carbocycles. The highest BCUT2D eigenvalue weighted by Crippen LogP contribution is 2.21. The number of aryl methyl sites for hydroxylation is 1. The Morgan fingerprint density at radius 2 is 2.10 bits per heavy atom. The molecule has 0 aliphatic carbocycles. The van der Waals surface area contributed by atoms with E-state index in [9.17, 15) is 9.59 Å². The van der Waals surface area contributed by atoms with Gasteiger partial charge in [-0.05, 0) is 56.4 Å². The summed E-state index contributed by atoms with van der Waals surface area (Å²) in [6.07, 6.45) is 5.86. The molecule has 112 valence electrons. The normalized spacial score (nSPS) is 19.0. The second kappa shape index (κ2) is 6.57. The number of rotatable bonds is 3. The Labute approximate surface area is 125 Å². The summed E-state index contributed by atoms with van der Waals surface area (Å²) in [6.45, 7) is 4.79. The summed E-state index contributed by atoms with van der Waals surface area (Å²) in [5, 5.41) is 8.68. The van der Waals surface area contributed by atoms with Crippen molar-refractivity contribution >= 4 is 18.0 Å². The molecule has 4 nitrogen and oxygen atoms in total. The van der Waals surface area contributed by atoms with Crippen molar-refractivity contribution in [1.82, 2.24) is 4.90 Å². The number of piperidine rings is 1. The van der Waals surface area contributed by atoms with Crippen LogP contribution in [0.15, 0.2) is 24.3 Å². The number of carboxylic acids is 1. The minimum atomic E-state index is -0.992. The molecule has 1 aromatic rings. The van der Waals surface area contributed by atoms with Crippen LogP contribution in [0.2, 0.25) is 0 Å². The van der Waals surface area contributed by atoms with Gasteiger partial charge in [0.15, 0.2) is 0 Å². The molecule has 0 aromatic heterocycles. The summed E-state index contributed by atoms with van der Waals surface area (Å²) in [6, 6.07) is 5.73. The number of carboxylic acid groups (broad SMARTS) is 1. The number of nitrogens with zero attached hydrogens (tertiary/aromatic N) is 1. The van der Waals surface area contributed by atoms with Crippen molar-refractivity contribution in [2.75, 3.05) is 6.54 Å². The maximum Gasteiger partial charge on any atom is 0.328 e. The minimum Gasteiger partial charge on any atom is -0.478 e. The molecule has 1 N–H and O–H groups in total. The minimum absolute atomic E-state index is 0.0466. The van der Waals surface area contributed by atoms with E-state index in [1.807, 2.05) is 24.0 Å². The van der Waals surface area contributed by atoms with Gasteiger partial charge < -0.3 is 10.0 Å². The van der Waals surface area contributed by atoms with E-state index in [4.69, 9.17) is 5.11 Å². The summed E-state index contributed by atoms with van der Waals surface area (Å²) >= 11 is 0. The van der Waals surface area contributed by atoms with Gasteiger partial charge in [0, 0.05) is 24.2 Å². The van der Waals surface area contributed by atoms with Crippen LogP contribution in [0.5, 0.6) is 0 Å². The van der Waals surface area contributed by atoms with Crippen LogP contribution in [0.25, 0.3) is 6.08 Å². The molecule has 4 heteroatoms. The molecule has 1 saturated heterocycles. The molecule has 1 aliphatic heterocycles. The number of hydrogen-bond acceptors (Lipinski definition) is 2. The largest absolute Gasteiger partial charge is 0.478 e. The van der Waals surface area contributed by atoms with Crippen molar-refractivity contribution in [3.05, 3.63) is 41.0 Å². The second-order valence-electron chi connectivity index (χ2n) is 5.59. The number of likely N-dealkylation sites (tertiary alicyclic amines) is 1. The van der Waals surface area contributed by atoms with Gasteiger partial charge in [-0.15, -0.1) is 0 Å². The van der Waals surface area contributed by atoms with Crippen LogP contribution in [-0.4, -0.2) is 34.5 Å². The fourth-order valence-corrected chi connectivity index (χ4v) is 2.70. The van der Waals surface area contributed by atoms with Crippen LogP contribution < -0.4 is 0 Å². The average Bonchev–Trinajstić information content (AvgIpc) is 2.46. The SMILES string of the molecule is Cc1ccc(C=CC(=O)O)cc1C(=O)N1CCCCC1C. The number of hydrogen-bond donors (Lipinski definition) is 1. The van der Waals surface area contributed by atoms with Crippen LogP contribution in [0.3, 0.4) is 0 Å². The lowest BCUT2D eigenvalue weighted by atomic mass is 9.99. The van der Waals surface area contributed by atoms with Crippen LogP contribution in [0.1, 0.15) is 47.7 Å². The number of aliphatic carboxylic acids is 1. The van der Waals surface area contributed by atoms with Crippen molar-refractivity contribution in [1.29, 1.82) is 0 Å². The summed E-state index contributed by atoms with van der Waals surface area (Å²) in [5.41, 5.74) is 2.32. The van der Waals surface area contributed by atoms with Crippen LogP contribution in [0, 0.1) is 6.92 Å². The molecule has 1 amide bonds. The third-order valence-electron chi connectivity index (χ3n) is 3.97. The molecular formula is C17H21NO3. The smallest absolute Gasteiger partial charge is 0.328 e. The fourth-order valence-electron chi connectivity index (χ4n) is 2.70. The second-order valence-corrected chi connectivity index (χ2v) is 5.59. The molecule has 0 radical (unpaired) electrons. The highest BCUT2D eigenvalue weighted by atomic mass is 16.4. The summed E-state index contributed by atoms with van der Waals surface area (Å²) in [7, 11) is 0. The van der Waals surface area contributed by atoms with Gasteiger partial charge in [-0.3, -0.25) is 4.79 Å². The fraction of sp³-hybridized carbons (Fsp3) is 0.412. The molecule has 1 unspecified atom stereocenters. The standard InChI is InChI=1S/C17H21NO3/c1-12-6-7-14(8-9-16(19)20)11-15(12)17(21)18-10-4-3-5-13(18)2/h6-9,11,13H,3-5,10H2,1-2H3,(H,19,20). The first-order valence-electron chi connectivity index (χ1n) is 7.31. The lowest BCUT2D eigenvalue weighted by Gasteiger charge is -2.33. The van der Waals surface area contributed by atoms with Gasteiger partial charge in [0.25, 0.3) is 5.91 Å². The lowest BCUT2D eigenvalue weighted by molar-refractivity contribution is -0.131. The summed E-state index contributed by atoms with van der Waals surface area (Å²) in [5.74, 6) is -0.946. The van der Waals surface area contributed by atoms with E-state index in [-0.39, 0.29) is 11.9 Å². The van der Waals surface area contributed by atoms with Gasteiger partial charge in [-0.25, -0.2) is 4.79 Å². The molecule has 0 spiro atoms. The Bertz CT molecular complexity index is 577. The first kappa shape index (κ1) is 15.3. The number of benzene rings is 1. The van der Waals surface area contributed by atoms with Gasteiger partial charge in [0.2, 0.25) is 0 Å². The lowest BCUT2D eigenvalue weighted by Crippen LogP contribution is -2.42. The van der Waals surface area contributed by atoms with Crippen LogP contribution in [0.4, 0.5) is 0 Å². The maximum absolute atomic E-state index is 12.7. The highest BCUT2D eigenvalue weighted by molar-refractivity contribution is 5.96. The van der Waals surface area contributed by atoms with E-state index in [0.717, 1.165) is 36.6 Å². The molecule has 1 aliphatic rings. The monoisotopic (exact) mass is 287 g/mol. The number of amides is 1. The quantitative estimate of drug-likeness (QED) is 0.869. The molecule has 0 saturated carbocycles. The molecule has 0 bridgehead atoms. The van der Waals surface area contributed by atoms with Crippen molar-refractivity contribution < 1.29 is 14.7 Å². The molecule has 2 rings (SSSR count). The van der Waals surface area contributed by atoms with E-state index in [0.29, 0.717) is 5.56 Å². The first-order chi connectivity index (χ1) is 9.99. The maximum atomic E-state index is 12.7. The molecule has 1 fully saturated rings. The van der Waals surface area contributed by atoms with Gasteiger partial charge in [0.05, 0.1) is 0 Å². The Balaban J connectivity index is 2.27. The Kier molecular flexibility index (Phi) is 4.78. The average molecular weight is 287 g/mol. The molecule has 1 heterocycles. The zero-order valence-electron chi connectivity index (χ0n) is 12.5. The molecular weight excluding hydrogens is 266 g/mol. The van der Waals surface area contributed by atoms with Crippen molar-refractivity contribution in [3.8, 4) is 0 Å². The Hall–Kier alpha value is -2.10. The van der Waals surface area contributed by atoms with Crippen LogP contribution >= 0.6 is 0 Å². The van der Waals surface area contributed by atoms with E-state index in [1.54, 1.807) is 6.07 Å². The zero-order valence-corrected chi connectivity index (χ0v) is 12.5. The number of carbonyl (C=O) groups is 2. The van der Waals surface area contributed by atoms with Gasteiger partial charge in [-0.2, -0.15) is 0 Å². The number of carbonyl (C=O) groups excluding carboxylic acids is 1. The summed E-state index contributed by atoms with van der Waals surface area (Å²) in [4.78, 5) is 25.2. The van der Waals surface area contributed by atoms with Crippen molar-refractivity contribution in [2.45, 2.75) is 39.2 Å². The topological polar surface area (TPSA) is 57.6 Å².